The SMILES string of the molecule is COc1cccc(N(C)S(=O)(=O)c2ccccc2F)n1. The summed E-state index contributed by atoms with van der Waals surface area (Å²) in [4.78, 5) is 3.62. The van der Waals surface area contributed by atoms with Gasteiger partial charge in [-0.25, -0.2) is 12.8 Å². The Labute approximate surface area is 116 Å². The molecule has 0 atom stereocenters. The topological polar surface area (TPSA) is 59.5 Å². The van der Waals surface area contributed by atoms with Gasteiger partial charge < -0.3 is 4.74 Å². The summed E-state index contributed by atoms with van der Waals surface area (Å²) >= 11 is 0. The standard InChI is InChI=1S/C13H13FN2O3S/c1-16(12-8-5-9-13(15-12)19-2)20(17,18)11-7-4-3-6-10(11)14/h3-9H,1-2H3. The van der Waals surface area contributed by atoms with Gasteiger partial charge in [0.2, 0.25) is 5.88 Å². The average molecular weight is 296 g/mol. The highest BCUT2D eigenvalue weighted by atomic mass is 32.2. The molecule has 5 nitrogen and oxygen atoms in total. The Hall–Kier alpha value is -2.15. The lowest BCUT2D eigenvalue weighted by molar-refractivity contribution is 0.398. The van der Waals surface area contributed by atoms with Gasteiger partial charge in [-0.3, -0.25) is 4.31 Å². The number of benzene rings is 1. The van der Waals surface area contributed by atoms with E-state index in [1.165, 1.54) is 38.4 Å². The molecule has 0 aliphatic heterocycles. The molecule has 0 spiro atoms. The number of anilines is 1. The third kappa shape index (κ3) is 2.57. The van der Waals surface area contributed by atoms with Crippen molar-refractivity contribution in [2.24, 2.45) is 0 Å². The van der Waals surface area contributed by atoms with Crippen LogP contribution < -0.4 is 9.04 Å². The Morgan fingerprint density at radius 1 is 1.15 bits per heavy atom. The van der Waals surface area contributed by atoms with E-state index >= 15 is 0 Å². The van der Waals surface area contributed by atoms with Crippen LogP contribution in [0, 0.1) is 5.82 Å². The first-order valence-corrected chi connectivity index (χ1v) is 7.15. The number of hydrogen-bond acceptors (Lipinski definition) is 4. The zero-order chi connectivity index (χ0) is 14.8. The highest BCUT2D eigenvalue weighted by Crippen LogP contribution is 2.23. The molecule has 2 aromatic rings. The summed E-state index contributed by atoms with van der Waals surface area (Å²) in [6, 6.07) is 9.89. The van der Waals surface area contributed by atoms with Gasteiger partial charge in [0, 0.05) is 13.1 Å². The zero-order valence-corrected chi connectivity index (χ0v) is 11.8. The number of halogens is 1. The van der Waals surface area contributed by atoms with Crippen LogP contribution in [-0.2, 0) is 10.0 Å². The fourth-order valence-electron chi connectivity index (χ4n) is 1.62. The molecular weight excluding hydrogens is 283 g/mol. The van der Waals surface area contributed by atoms with E-state index in [2.05, 4.69) is 4.98 Å². The van der Waals surface area contributed by atoms with E-state index in [-0.39, 0.29) is 11.7 Å². The van der Waals surface area contributed by atoms with Crippen LogP contribution in [0.2, 0.25) is 0 Å². The largest absolute Gasteiger partial charge is 0.481 e. The molecule has 106 valence electrons. The molecule has 1 heterocycles. The monoisotopic (exact) mass is 296 g/mol. The molecule has 0 amide bonds. The van der Waals surface area contributed by atoms with Crippen LogP contribution in [0.4, 0.5) is 10.2 Å². The van der Waals surface area contributed by atoms with Gasteiger partial charge in [0.05, 0.1) is 7.11 Å². The number of sulfonamides is 1. The molecule has 0 unspecified atom stereocenters. The van der Waals surface area contributed by atoms with Crippen LogP contribution in [0.5, 0.6) is 5.88 Å². The molecule has 0 aliphatic carbocycles. The molecule has 0 aliphatic rings. The number of aromatic nitrogens is 1. The second kappa shape index (κ2) is 5.46. The molecule has 0 bridgehead atoms. The summed E-state index contributed by atoms with van der Waals surface area (Å²) in [5.74, 6) is -0.382. The normalized spacial score (nSPS) is 11.2. The van der Waals surface area contributed by atoms with Crippen LogP contribution in [0.1, 0.15) is 0 Å². The second-order valence-electron chi connectivity index (χ2n) is 3.94. The highest BCUT2D eigenvalue weighted by molar-refractivity contribution is 7.92. The van der Waals surface area contributed by atoms with Gasteiger partial charge in [0.1, 0.15) is 16.5 Å². The fourth-order valence-corrected chi connectivity index (χ4v) is 2.83. The van der Waals surface area contributed by atoms with Gasteiger partial charge in [-0.1, -0.05) is 18.2 Å². The van der Waals surface area contributed by atoms with E-state index in [0.717, 1.165) is 10.4 Å². The second-order valence-corrected chi connectivity index (χ2v) is 5.88. The summed E-state index contributed by atoms with van der Waals surface area (Å²) in [6.07, 6.45) is 0. The van der Waals surface area contributed by atoms with Crippen molar-refractivity contribution in [2.45, 2.75) is 4.90 Å². The molecule has 7 heteroatoms. The van der Waals surface area contributed by atoms with Crippen molar-refractivity contribution in [3.63, 3.8) is 0 Å². The van der Waals surface area contributed by atoms with Crippen molar-refractivity contribution in [1.29, 1.82) is 0 Å². The zero-order valence-electron chi connectivity index (χ0n) is 10.9. The van der Waals surface area contributed by atoms with Gasteiger partial charge >= 0.3 is 0 Å². The van der Waals surface area contributed by atoms with Gasteiger partial charge in [-0.05, 0) is 18.2 Å². The Bertz CT molecular complexity index is 719. The van der Waals surface area contributed by atoms with Gasteiger partial charge in [0.15, 0.2) is 0 Å². The summed E-state index contributed by atoms with van der Waals surface area (Å²) in [7, 11) is -1.27. The first kappa shape index (κ1) is 14.3. The van der Waals surface area contributed by atoms with Crippen molar-refractivity contribution in [2.75, 3.05) is 18.5 Å². The third-order valence-corrected chi connectivity index (χ3v) is 4.51. The molecular formula is C13H13FN2O3S. The van der Waals surface area contributed by atoms with Crippen molar-refractivity contribution >= 4 is 15.8 Å². The molecule has 1 aromatic carbocycles. The maximum Gasteiger partial charge on any atom is 0.268 e. The molecule has 20 heavy (non-hydrogen) atoms. The number of nitrogens with zero attached hydrogens (tertiary/aromatic N) is 2. The van der Waals surface area contributed by atoms with Gasteiger partial charge in [0.25, 0.3) is 10.0 Å². The maximum absolute atomic E-state index is 13.7. The van der Waals surface area contributed by atoms with E-state index < -0.39 is 20.7 Å². The molecule has 1 aromatic heterocycles. The summed E-state index contributed by atoms with van der Waals surface area (Å²) < 4.78 is 44.2. The van der Waals surface area contributed by atoms with E-state index in [9.17, 15) is 12.8 Å². The number of pyridine rings is 1. The summed E-state index contributed by atoms with van der Waals surface area (Å²) in [6.45, 7) is 0. The van der Waals surface area contributed by atoms with Crippen molar-refractivity contribution in [1.82, 2.24) is 4.98 Å². The minimum atomic E-state index is -4.01. The Balaban J connectivity index is 2.46. The minimum Gasteiger partial charge on any atom is -0.481 e. The lowest BCUT2D eigenvalue weighted by atomic mass is 10.4. The number of methoxy groups -OCH3 is 1. The maximum atomic E-state index is 13.7. The van der Waals surface area contributed by atoms with Crippen LogP contribution >= 0.6 is 0 Å². The molecule has 0 saturated carbocycles. The molecule has 0 radical (unpaired) electrons. The van der Waals surface area contributed by atoms with E-state index in [0.29, 0.717) is 0 Å². The Morgan fingerprint density at radius 2 is 1.85 bits per heavy atom. The summed E-state index contributed by atoms with van der Waals surface area (Å²) in [5, 5.41) is 0. The van der Waals surface area contributed by atoms with E-state index in [1.54, 1.807) is 12.1 Å². The van der Waals surface area contributed by atoms with Gasteiger partial charge in [-0.15, -0.1) is 0 Å². The number of rotatable bonds is 4. The van der Waals surface area contributed by atoms with E-state index in [4.69, 9.17) is 4.74 Å². The van der Waals surface area contributed by atoms with Crippen LogP contribution in [0.25, 0.3) is 0 Å². The quantitative estimate of drug-likeness (QED) is 0.866. The molecule has 0 saturated heterocycles. The lowest BCUT2D eigenvalue weighted by Crippen LogP contribution is -2.28. The van der Waals surface area contributed by atoms with Crippen LogP contribution in [0.15, 0.2) is 47.4 Å². The molecule has 2 rings (SSSR count). The minimum absolute atomic E-state index is 0.146. The Morgan fingerprint density at radius 3 is 2.50 bits per heavy atom. The van der Waals surface area contributed by atoms with Gasteiger partial charge in [-0.2, -0.15) is 4.98 Å². The predicted molar refractivity (Wildman–Crippen MR) is 72.8 cm³/mol. The first-order chi connectivity index (χ1) is 9.46. The van der Waals surface area contributed by atoms with Crippen molar-refractivity contribution in [3.05, 3.63) is 48.3 Å². The summed E-state index contributed by atoms with van der Waals surface area (Å²) in [5.41, 5.74) is 0. The number of ether oxygens (including phenoxy) is 1. The average Bonchev–Trinajstić information content (AvgIpc) is 2.46. The Kier molecular flexibility index (Phi) is 3.89. The predicted octanol–water partition coefficient (Wildman–Crippen LogP) is 2.05. The first-order valence-electron chi connectivity index (χ1n) is 5.71. The van der Waals surface area contributed by atoms with Crippen LogP contribution in [0.3, 0.4) is 0 Å². The fraction of sp³-hybridized carbons (Fsp3) is 0.154. The van der Waals surface area contributed by atoms with Crippen molar-refractivity contribution < 1.29 is 17.5 Å². The van der Waals surface area contributed by atoms with Crippen molar-refractivity contribution in [3.8, 4) is 5.88 Å². The van der Waals surface area contributed by atoms with Crippen LogP contribution in [-0.4, -0.2) is 27.6 Å². The molecule has 0 N–H and O–H groups in total. The third-order valence-electron chi connectivity index (χ3n) is 2.72. The molecule has 0 fully saturated rings. The van der Waals surface area contributed by atoms with E-state index in [1.807, 2.05) is 0 Å². The smallest absolute Gasteiger partial charge is 0.268 e. The highest BCUT2D eigenvalue weighted by Gasteiger charge is 2.25. The number of hydrogen-bond donors (Lipinski definition) is 0. The lowest BCUT2D eigenvalue weighted by Gasteiger charge is -2.19.